The number of halogens is 2. The highest BCUT2D eigenvalue weighted by atomic mass is 127. The minimum Gasteiger partial charge on any atom is -0.506 e. The van der Waals surface area contributed by atoms with Crippen LogP contribution in [0.3, 0.4) is 0 Å². The summed E-state index contributed by atoms with van der Waals surface area (Å²) in [4.78, 5) is 26.2. The first-order chi connectivity index (χ1) is 12.8. The third-order valence-electron chi connectivity index (χ3n) is 3.79. The van der Waals surface area contributed by atoms with E-state index in [0.717, 1.165) is 20.9 Å². The van der Waals surface area contributed by atoms with Gasteiger partial charge in [0.2, 0.25) is 0 Å². The molecule has 0 aliphatic carbocycles. The highest BCUT2D eigenvalue weighted by Crippen LogP contribution is 2.35. The van der Waals surface area contributed by atoms with Crippen LogP contribution in [0.5, 0.6) is 11.5 Å². The summed E-state index contributed by atoms with van der Waals surface area (Å²) in [6.07, 6.45) is 1.56. The fourth-order valence-electron chi connectivity index (χ4n) is 2.49. The zero-order valence-electron chi connectivity index (χ0n) is 14.2. The van der Waals surface area contributed by atoms with Crippen molar-refractivity contribution >= 4 is 74.2 Å². The lowest BCUT2D eigenvalue weighted by Crippen LogP contribution is -2.32. The van der Waals surface area contributed by atoms with Crippen LogP contribution in [0.2, 0.25) is 0 Å². The molecule has 2 aromatic carbocycles. The molecule has 0 aromatic heterocycles. The van der Waals surface area contributed by atoms with E-state index in [4.69, 9.17) is 4.74 Å². The lowest BCUT2D eigenvalue weighted by Gasteiger charge is -2.13. The Labute approximate surface area is 188 Å². The maximum Gasteiger partial charge on any atom is 0.293 e. The molecule has 0 unspecified atom stereocenters. The van der Waals surface area contributed by atoms with E-state index in [-0.39, 0.29) is 30.0 Å². The van der Waals surface area contributed by atoms with Crippen LogP contribution >= 0.6 is 56.9 Å². The molecule has 5 nitrogen and oxygen atoms in total. The van der Waals surface area contributed by atoms with E-state index in [1.807, 2.05) is 59.8 Å². The molecule has 1 heterocycles. The number of hydrogen-bond acceptors (Lipinski definition) is 5. The van der Waals surface area contributed by atoms with Crippen LogP contribution in [0.4, 0.5) is 4.79 Å². The monoisotopic (exact) mass is 607 g/mol. The van der Waals surface area contributed by atoms with Crippen LogP contribution in [-0.4, -0.2) is 34.3 Å². The van der Waals surface area contributed by atoms with E-state index in [1.54, 1.807) is 12.1 Å². The predicted molar refractivity (Wildman–Crippen MR) is 123 cm³/mol. The van der Waals surface area contributed by atoms with Gasteiger partial charge in [0, 0.05) is 9.13 Å². The van der Waals surface area contributed by atoms with Gasteiger partial charge in [-0.1, -0.05) is 12.1 Å². The molecule has 2 amide bonds. The first kappa shape index (κ1) is 20.5. The Morgan fingerprint density at radius 1 is 1.22 bits per heavy atom. The van der Waals surface area contributed by atoms with Gasteiger partial charge in [0.1, 0.15) is 18.1 Å². The molecule has 27 heavy (non-hydrogen) atoms. The molecule has 0 saturated carbocycles. The van der Waals surface area contributed by atoms with Crippen molar-refractivity contribution < 1.29 is 19.4 Å². The molecule has 1 fully saturated rings. The Kier molecular flexibility index (Phi) is 6.69. The van der Waals surface area contributed by atoms with Crippen LogP contribution in [0.15, 0.2) is 41.3 Å². The summed E-state index contributed by atoms with van der Waals surface area (Å²) in [6, 6.07) is 11.2. The molecule has 0 bridgehead atoms. The third kappa shape index (κ3) is 4.96. The average Bonchev–Trinajstić information content (AvgIpc) is 2.86. The molecule has 0 spiro atoms. The van der Waals surface area contributed by atoms with Gasteiger partial charge in [-0.15, -0.1) is 0 Å². The molecule has 2 aromatic rings. The number of hydrogen-bond donors (Lipinski definition) is 1. The van der Waals surface area contributed by atoms with Crippen LogP contribution < -0.4 is 4.74 Å². The van der Waals surface area contributed by atoms with Crippen LogP contribution in [0, 0.1) is 14.1 Å². The summed E-state index contributed by atoms with van der Waals surface area (Å²) in [7, 11) is 0. The van der Waals surface area contributed by atoms with Gasteiger partial charge < -0.3 is 9.84 Å². The molecule has 1 aliphatic rings. The highest BCUT2D eigenvalue weighted by molar-refractivity contribution is 14.1. The van der Waals surface area contributed by atoms with Crippen molar-refractivity contribution in [3.05, 3.63) is 59.6 Å². The molecule has 1 saturated heterocycles. The second-order valence-corrected chi connectivity index (χ2v) is 9.22. The molecular formula is C19H15I2NO4S. The first-order valence-electron chi connectivity index (χ1n) is 7.98. The molecule has 1 N–H and O–H groups in total. The summed E-state index contributed by atoms with van der Waals surface area (Å²) in [6.45, 7) is 2.36. The van der Waals surface area contributed by atoms with Crippen LogP contribution in [0.25, 0.3) is 6.08 Å². The van der Waals surface area contributed by atoms with E-state index >= 15 is 0 Å². The average molecular weight is 607 g/mol. The largest absolute Gasteiger partial charge is 0.506 e. The zero-order valence-corrected chi connectivity index (χ0v) is 19.4. The predicted octanol–water partition coefficient (Wildman–Crippen LogP) is 5.03. The number of phenolic OH excluding ortho intramolecular Hbond substituents is 1. The zero-order chi connectivity index (χ0) is 19.6. The smallest absolute Gasteiger partial charge is 0.293 e. The topological polar surface area (TPSA) is 66.8 Å². The Balaban J connectivity index is 1.70. The molecular weight excluding hydrogens is 592 g/mol. The number of carbonyl (C=O) groups is 2. The van der Waals surface area contributed by atoms with Crippen molar-refractivity contribution in [1.29, 1.82) is 0 Å². The van der Waals surface area contributed by atoms with Crippen molar-refractivity contribution in [3.8, 4) is 11.5 Å². The number of imide groups is 1. The van der Waals surface area contributed by atoms with E-state index in [2.05, 4.69) is 22.6 Å². The summed E-state index contributed by atoms with van der Waals surface area (Å²) in [5.74, 6) is 0.438. The fraction of sp³-hybridized carbons (Fsp3) is 0.158. The van der Waals surface area contributed by atoms with Crippen molar-refractivity contribution in [1.82, 2.24) is 4.90 Å². The standard InChI is InChI=1S/C19H15I2NO4S/c1-11-3-2-4-14(7-11)26-6-5-22-18(24)16(27-19(22)25)9-12-8-13(20)10-15(21)17(12)23/h2-4,7-10,23H,5-6H2,1H3/b16-9-. The Bertz CT molecular complexity index is 945. The van der Waals surface area contributed by atoms with Crippen molar-refractivity contribution in [2.45, 2.75) is 6.92 Å². The second kappa shape index (κ2) is 8.82. The quantitative estimate of drug-likeness (QED) is 0.382. The number of nitrogens with zero attached hydrogens (tertiary/aromatic N) is 1. The number of benzene rings is 2. The van der Waals surface area contributed by atoms with Gasteiger partial charge in [-0.25, -0.2) is 0 Å². The number of carbonyl (C=O) groups excluding carboxylic acids is 2. The first-order valence-corrected chi connectivity index (χ1v) is 11.0. The van der Waals surface area contributed by atoms with Gasteiger partial charge >= 0.3 is 0 Å². The number of thioether (sulfide) groups is 1. The number of phenols is 1. The molecule has 0 radical (unpaired) electrons. The Hall–Kier alpha value is -1.27. The molecule has 1 aliphatic heterocycles. The van der Waals surface area contributed by atoms with E-state index in [1.165, 1.54) is 4.90 Å². The Morgan fingerprint density at radius 2 is 2.00 bits per heavy atom. The summed E-state index contributed by atoms with van der Waals surface area (Å²) in [5.41, 5.74) is 1.60. The van der Waals surface area contributed by atoms with Crippen LogP contribution in [0.1, 0.15) is 11.1 Å². The minimum atomic E-state index is -0.369. The summed E-state index contributed by atoms with van der Waals surface area (Å²) >= 11 is 5.05. The summed E-state index contributed by atoms with van der Waals surface area (Å²) in [5, 5.41) is 9.86. The van der Waals surface area contributed by atoms with Gasteiger partial charge in [0.25, 0.3) is 11.1 Å². The maximum absolute atomic E-state index is 12.6. The SMILES string of the molecule is Cc1cccc(OCCN2C(=O)S/C(=C\c3cc(I)cc(I)c3O)C2=O)c1. The van der Waals surface area contributed by atoms with Gasteiger partial charge in [-0.05, 0) is 99.8 Å². The molecule has 0 atom stereocenters. The van der Waals surface area contributed by atoms with Gasteiger partial charge in [0.15, 0.2) is 0 Å². The molecule has 3 rings (SSSR count). The number of ether oxygens (including phenoxy) is 1. The van der Waals surface area contributed by atoms with Gasteiger partial charge in [-0.3, -0.25) is 14.5 Å². The molecule has 140 valence electrons. The van der Waals surface area contributed by atoms with Crippen molar-refractivity contribution in [3.63, 3.8) is 0 Å². The van der Waals surface area contributed by atoms with Crippen molar-refractivity contribution in [2.75, 3.05) is 13.2 Å². The second-order valence-electron chi connectivity index (χ2n) is 5.82. The number of rotatable bonds is 5. The third-order valence-corrected chi connectivity index (χ3v) is 6.14. The lowest BCUT2D eigenvalue weighted by molar-refractivity contribution is -0.123. The van der Waals surface area contributed by atoms with Crippen molar-refractivity contribution in [2.24, 2.45) is 0 Å². The van der Waals surface area contributed by atoms with Crippen LogP contribution in [-0.2, 0) is 4.79 Å². The lowest BCUT2D eigenvalue weighted by atomic mass is 10.2. The fourth-order valence-corrected chi connectivity index (χ4v) is 5.24. The van der Waals surface area contributed by atoms with E-state index in [0.29, 0.717) is 19.8 Å². The van der Waals surface area contributed by atoms with E-state index < -0.39 is 0 Å². The van der Waals surface area contributed by atoms with Gasteiger partial charge in [-0.2, -0.15) is 0 Å². The number of aromatic hydroxyl groups is 1. The highest BCUT2D eigenvalue weighted by Gasteiger charge is 2.35. The normalized spacial score (nSPS) is 15.7. The maximum atomic E-state index is 12.6. The molecule has 8 heteroatoms. The van der Waals surface area contributed by atoms with E-state index in [9.17, 15) is 14.7 Å². The number of aryl methyl sites for hydroxylation is 1. The van der Waals surface area contributed by atoms with Gasteiger partial charge in [0.05, 0.1) is 15.0 Å². The minimum absolute atomic E-state index is 0.102. The summed E-state index contributed by atoms with van der Waals surface area (Å²) < 4.78 is 7.26. The number of amides is 2. The Morgan fingerprint density at radius 3 is 2.74 bits per heavy atom.